The van der Waals surface area contributed by atoms with Crippen molar-refractivity contribution >= 4 is 21.4 Å². The Morgan fingerprint density at radius 2 is 1.85 bits per heavy atom. The van der Waals surface area contributed by atoms with Gasteiger partial charge in [-0.05, 0) is 32.6 Å². The first-order chi connectivity index (χ1) is 12.4. The van der Waals surface area contributed by atoms with Crippen LogP contribution >= 0.6 is 0 Å². The largest absolute Gasteiger partial charge is 0.395 e. The van der Waals surface area contributed by atoms with E-state index in [-0.39, 0.29) is 36.2 Å². The summed E-state index contributed by atoms with van der Waals surface area (Å²) in [7, 11) is -3.69. The Labute approximate surface area is 160 Å². The van der Waals surface area contributed by atoms with Gasteiger partial charge < -0.3 is 9.63 Å². The molecule has 8 heteroatoms. The van der Waals surface area contributed by atoms with Gasteiger partial charge in [0.05, 0.1) is 24.5 Å². The Kier molecular flexibility index (Phi) is 6.31. The molecule has 0 radical (unpaired) electrons. The van der Waals surface area contributed by atoms with Gasteiger partial charge in [0.15, 0.2) is 15.6 Å². The van der Waals surface area contributed by atoms with Crippen molar-refractivity contribution < 1.29 is 27.6 Å². The highest BCUT2D eigenvalue weighted by Crippen LogP contribution is 2.29. The van der Waals surface area contributed by atoms with Gasteiger partial charge in [0.2, 0.25) is 0 Å². The first kappa shape index (κ1) is 21.8. The van der Waals surface area contributed by atoms with Crippen LogP contribution in [0.4, 0.5) is 0 Å². The average molecular weight is 400 g/mol. The molecule has 0 unspecified atom stereocenters. The minimum atomic E-state index is -3.69. The van der Waals surface area contributed by atoms with Crippen LogP contribution in [0.3, 0.4) is 0 Å². The summed E-state index contributed by atoms with van der Waals surface area (Å²) in [5, 5.41) is 13.3. The molecule has 1 aliphatic carbocycles. The number of ketones is 2. The monoisotopic (exact) mass is 399 g/mol. The molecule has 0 aromatic carbocycles. The van der Waals surface area contributed by atoms with Gasteiger partial charge in [0.25, 0.3) is 0 Å². The molecule has 27 heavy (non-hydrogen) atoms. The molecule has 1 aromatic rings. The molecule has 1 N–H and O–H groups in total. The van der Waals surface area contributed by atoms with Gasteiger partial charge in [-0.2, -0.15) is 0 Å². The standard InChI is InChI=1S/C19H29NO6S/c1-18(2,12-21)16-9-15(26-20-16)10-17(23)19(3,4)27(24,25)11-13-5-7-14(22)8-6-13/h9,13,21H,5-8,10-12H2,1-4H3. The summed E-state index contributed by atoms with van der Waals surface area (Å²) in [6.07, 6.45) is 1.77. The number of sulfone groups is 1. The number of carbonyl (C=O) groups is 2. The lowest BCUT2D eigenvalue weighted by Crippen LogP contribution is -2.44. The minimum Gasteiger partial charge on any atom is -0.395 e. The SMILES string of the molecule is CC(C)(CO)c1cc(CC(=O)C(C)(C)S(=O)(=O)CC2CCC(=O)CC2)on1. The van der Waals surface area contributed by atoms with Gasteiger partial charge in [0.1, 0.15) is 16.3 Å². The highest BCUT2D eigenvalue weighted by molar-refractivity contribution is 7.93. The molecule has 0 bridgehead atoms. The van der Waals surface area contributed by atoms with Crippen molar-refractivity contribution in [1.29, 1.82) is 0 Å². The lowest BCUT2D eigenvalue weighted by molar-refractivity contribution is -0.121. The summed E-state index contributed by atoms with van der Waals surface area (Å²) in [6.45, 7) is 6.30. The summed E-state index contributed by atoms with van der Waals surface area (Å²) >= 11 is 0. The molecular weight excluding hydrogens is 370 g/mol. The third kappa shape index (κ3) is 4.85. The van der Waals surface area contributed by atoms with E-state index in [0.717, 1.165) is 0 Å². The van der Waals surface area contributed by atoms with Crippen LogP contribution in [-0.4, -0.2) is 47.4 Å². The Bertz CT molecular complexity index is 796. The molecule has 2 rings (SSSR count). The van der Waals surface area contributed by atoms with Gasteiger partial charge in [-0.25, -0.2) is 8.42 Å². The quantitative estimate of drug-likeness (QED) is 0.711. The average Bonchev–Trinajstić information content (AvgIpc) is 3.06. The van der Waals surface area contributed by atoms with Crippen LogP contribution in [0.5, 0.6) is 0 Å². The number of nitrogens with zero attached hydrogens (tertiary/aromatic N) is 1. The molecule has 0 spiro atoms. The fourth-order valence-electron chi connectivity index (χ4n) is 3.03. The van der Waals surface area contributed by atoms with Crippen molar-refractivity contribution in [1.82, 2.24) is 5.16 Å². The Morgan fingerprint density at radius 1 is 1.26 bits per heavy atom. The molecule has 1 saturated carbocycles. The minimum absolute atomic E-state index is 0.0815. The Hall–Kier alpha value is -1.54. The third-order valence-corrected chi connectivity index (χ3v) is 8.24. The topological polar surface area (TPSA) is 115 Å². The number of aliphatic hydroxyl groups excluding tert-OH is 1. The van der Waals surface area contributed by atoms with Gasteiger partial charge in [0, 0.05) is 24.3 Å². The molecule has 1 aromatic heterocycles. The van der Waals surface area contributed by atoms with Gasteiger partial charge in [-0.15, -0.1) is 0 Å². The van der Waals surface area contributed by atoms with E-state index in [9.17, 15) is 23.1 Å². The highest BCUT2D eigenvalue weighted by Gasteiger charge is 2.43. The summed E-state index contributed by atoms with van der Waals surface area (Å²) in [5.41, 5.74) is -0.0921. The highest BCUT2D eigenvalue weighted by atomic mass is 32.2. The van der Waals surface area contributed by atoms with Crippen LogP contribution in [-0.2, 0) is 31.3 Å². The van der Waals surface area contributed by atoms with E-state index in [1.54, 1.807) is 19.9 Å². The number of Topliss-reactive ketones (excluding diaryl/α,β-unsaturated/α-hetero) is 2. The van der Waals surface area contributed by atoms with Crippen molar-refractivity contribution in [2.75, 3.05) is 12.4 Å². The van der Waals surface area contributed by atoms with Crippen LogP contribution < -0.4 is 0 Å². The van der Waals surface area contributed by atoms with Crippen molar-refractivity contribution in [3.05, 3.63) is 17.5 Å². The molecule has 0 saturated heterocycles. The second kappa shape index (κ2) is 7.83. The normalized spacial score (nSPS) is 17.3. The van der Waals surface area contributed by atoms with Crippen LogP contribution in [0, 0.1) is 5.92 Å². The predicted octanol–water partition coefficient (Wildman–Crippen LogP) is 2.01. The van der Waals surface area contributed by atoms with E-state index in [0.29, 0.717) is 31.4 Å². The van der Waals surface area contributed by atoms with Crippen molar-refractivity contribution in [2.45, 2.75) is 70.0 Å². The number of hydrogen-bond acceptors (Lipinski definition) is 7. The molecule has 1 heterocycles. The molecule has 7 nitrogen and oxygen atoms in total. The second-order valence-electron chi connectivity index (χ2n) is 8.59. The van der Waals surface area contributed by atoms with Gasteiger partial charge in [-0.3, -0.25) is 9.59 Å². The Morgan fingerprint density at radius 3 is 2.41 bits per heavy atom. The predicted molar refractivity (Wildman–Crippen MR) is 100 cm³/mol. The smallest absolute Gasteiger partial charge is 0.162 e. The maximum absolute atomic E-state index is 12.9. The van der Waals surface area contributed by atoms with E-state index >= 15 is 0 Å². The lowest BCUT2D eigenvalue weighted by Gasteiger charge is -2.27. The number of hydrogen-bond donors (Lipinski definition) is 1. The van der Waals surface area contributed by atoms with Crippen LogP contribution in [0.25, 0.3) is 0 Å². The summed E-state index contributed by atoms with van der Waals surface area (Å²) in [4.78, 5) is 24.1. The van der Waals surface area contributed by atoms with E-state index in [2.05, 4.69) is 5.16 Å². The number of aliphatic hydroxyl groups is 1. The van der Waals surface area contributed by atoms with Crippen molar-refractivity contribution in [2.24, 2.45) is 5.92 Å². The zero-order valence-electron chi connectivity index (χ0n) is 16.4. The Balaban J connectivity index is 2.08. The number of carbonyl (C=O) groups excluding carboxylic acids is 2. The first-order valence-corrected chi connectivity index (χ1v) is 10.9. The second-order valence-corrected chi connectivity index (χ2v) is 11.2. The molecule has 0 atom stereocenters. The van der Waals surface area contributed by atoms with Crippen molar-refractivity contribution in [3.63, 3.8) is 0 Å². The number of rotatable bonds is 8. The molecular formula is C19H29NO6S. The van der Waals surface area contributed by atoms with Crippen LogP contribution in [0.15, 0.2) is 10.6 Å². The molecule has 0 aliphatic heterocycles. The van der Waals surface area contributed by atoms with E-state index in [1.165, 1.54) is 13.8 Å². The zero-order chi connectivity index (χ0) is 20.5. The van der Waals surface area contributed by atoms with Crippen molar-refractivity contribution in [3.8, 4) is 0 Å². The van der Waals surface area contributed by atoms with E-state index in [1.807, 2.05) is 0 Å². The van der Waals surface area contributed by atoms with Gasteiger partial charge >= 0.3 is 0 Å². The zero-order valence-corrected chi connectivity index (χ0v) is 17.3. The number of aromatic nitrogens is 1. The van der Waals surface area contributed by atoms with Crippen LogP contribution in [0.1, 0.15) is 64.8 Å². The van der Waals surface area contributed by atoms with Gasteiger partial charge in [-0.1, -0.05) is 19.0 Å². The summed E-state index contributed by atoms with van der Waals surface area (Å²) in [6, 6.07) is 1.59. The van der Waals surface area contributed by atoms with E-state index in [4.69, 9.17) is 4.52 Å². The third-order valence-electron chi connectivity index (χ3n) is 5.55. The lowest BCUT2D eigenvalue weighted by atomic mass is 9.90. The fraction of sp³-hybridized carbons (Fsp3) is 0.737. The molecule has 1 aliphatic rings. The maximum Gasteiger partial charge on any atom is 0.162 e. The fourth-order valence-corrected chi connectivity index (χ4v) is 4.82. The first-order valence-electron chi connectivity index (χ1n) is 9.23. The van der Waals surface area contributed by atoms with Crippen LogP contribution in [0.2, 0.25) is 0 Å². The summed E-state index contributed by atoms with van der Waals surface area (Å²) in [5.74, 6) is -0.173. The molecule has 1 fully saturated rings. The maximum atomic E-state index is 12.9. The molecule has 152 valence electrons. The summed E-state index contributed by atoms with van der Waals surface area (Å²) < 4.78 is 29.3. The van der Waals surface area contributed by atoms with E-state index < -0.39 is 25.8 Å². The molecule has 0 amide bonds.